The number of benzene rings is 1. The molecule has 0 saturated heterocycles. The van der Waals surface area contributed by atoms with Crippen molar-refractivity contribution in [3.05, 3.63) is 34.3 Å². The van der Waals surface area contributed by atoms with E-state index in [4.69, 9.17) is 0 Å². The first-order valence-electron chi connectivity index (χ1n) is 6.41. The quantitative estimate of drug-likeness (QED) is 0.849. The lowest BCUT2D eigenvalue weighted by molar-refractivity contribution is 0.258. The molecule has 1 aromatic rings. The summed E-state index contributed by atoms with van der Waals surface area (Å²) in [6.07, 6.45) is 2.32. The Bertz CT molecular complexity index is 341. The Labute approximate surface area is 114 Å². The minimum atomic E-state index is 0.321. The molecule has 17 heavy (non-hydrogen) atoms. The van der Waals surface area contributed by atoms with Gasteiger partial charge in [0.15, 0.2) is 0 Å². The second kappa shape index (κ2) is 6.55. The highest BCUT2D eigenvalue weighted by molar-refractivity contribution is 9.10. The molecule has 1 nitrogen and oxygen atoms in total. The SMILES string of the molecule is CCNC(CCc1cccc(Br)c1)C(C)(C)C. The summed E-state index contributed by atoms with van der Waals surface area (Å²) in [7, 11) is 0. The average Bonchev–Trinajstić information content (AvgIpc) is 2.22. The maximum Gasteiger partial charge on any atom is 0.0177 e. The monoisotopic (exact) mass is 297 g/mol. The van der Waals surface area contributed by atoms with E-state index in [0.717, 1.165) is 13.0 Å². The number of nitrogens with one attached hydrogen (secondary N) is 1. The van der Waals surface area contributed by atoms with Crippen molar-refractivity contribution in [2.24, 2.45) is 5.41 Å². The Balaban J connectivity index is 2.58. The summed E-state index contributed by atoms with van der Waals surface area (Å²) in [6.45, 7) is 10.1. The minimum Gasteiger partial charge on any atom is -0.314 e. The van der Waals surface area contributed by atoms with E-state index >= 15 is 0 Å². The van der Waals surface area contributed by atoms with Crippen molar-refractivity contribution >= 4 is 15.9 Å². The van der Waals surface area contributed by atoms with Crippen molar-refractivity contribution in [2.45, 2.75) is 46.6 Å². The van der Waals surface area contributed by atoms with Gasteiger partial charge in [-0.3, -0.25) is 0 Å². The van der Waals surface area contributed by atoms with Gasteiger partial charge >= 0.3 is 0 Å². The van der Waals surface area contributed by atoms with Gasteiger partial charge in [-0.05, 0) is 42.5 Å². The maximum absolute atomic E-state index is 3.60. The van der Waals surface area contributed by atoms with Gasteiger partial charge in [0.2, 0.25) is 0 Å². The van der Waals surface area contributed by atoms with Crippen molar-refractivity contribution < 1.29 is 0 Å². The molecule has 1 atom stereocenters. The normalized spacial score (nSPS) is 13.7. The molecule has 1 rings (SSSR count). The molecule has 0 aromatic heterocycles. The summed E-state index contributed by atoms with van der Waals surface area (Å²) in [5, 5.41) is 3.60. The van der Waals surface area contributed by atoms with E-state index in [1.807, 2.05) is 0 Å². The Hall–Kier alpha value is -0.340. The standard InChI is InChI=1S/C15H24BrN/c1-5-17-14(15(2,3)4)10-9-12-7-6-8-13(16)11-12/h6-8,11,14,17H,5,9-10H2,1-4H3. The molecular formula is C15H24BrN. The fourth-order valence-electron chi connectivity index (χ4n) is 2.09. The zero-order chi connectivity index (χ0) is 12.9. The van der Waals surface area contributed by atoms with Crippen LogP contribution in [0, 0.1) is 5.41 Å². The lowest BCUT2D eigenvalue weighted by Gasteiger charge is -2.31. The number of hydrogen-bond donors (Lipinski definition) is 1. The van der Waals surface area contributed by atoms with Crippen LogP contribution >= 0.6 is 15.9 Å². The maximum atomic E-state index is 3.60. The fourth-order valence-corrected chi connectivity index (χ4v) is 2.54. The van der Waals surface area contributed by atoms with Crippen molar-refractivity contribution in [3.8, 4) is 0 Å². The van der Waals surface area contributed by atoms with Crippen molar-refractivity contribution in [1.29, 1.82) is 0 Å². The smallest absolute Gasteiger partial charge is 0.0177 e. The summed E-state index contributed by atoms with van der Waals surface area (Å²) in [5.74, 6) is 0. The van der Waals surface area contributed by atoms with Crippen LogP contribution in [0.15, 0.2) is 28.7 Å². The van der Waals surface area contributed by atoms with Crippen LogP contribution in [0.3, 0.4) is 0 Å². The Morgan fingerprint density at radius 3 is 2.53 bits per heavy atom. The molecule has 0 spiro atoms. The van der Waals surface area contributed by atoms with Crippen LogP contribution in [0.1, 0.15) is 39.7 Å². The van der Waals surface area contributed by atoms with Crippen molar-refractivity contribution in [3.63, 3.8) is 0 Å². The molecule has 0 heterocycles. The highest BCUT2D eigenvalue weighted by atomic mass is 79.9. The number of rotatable bonds is 5. The molecule has 0 bridgehead atoms. The van der Waals surface area contributed by atoms with Crippen LogP contribution in [0.5, 0.6) is 0 Å². The van der Waals surface area contributed by atoms with Crippen LogP contribution in [0.2, 0.25) is 0 Å². The van der Waals surface area contributed by atoms with Gasteiger partial charge in [-0.15, -0.1) is 0 Å². The van der Waals surface area contributed by atoms with E-state index in [9.17, 15) is 0 Å². The highest BCUT2D eigenvalue weighted by Gasteiger charge is 2.23. The number of hydrogen-bond acceptors (Lipinski definition) is 1. The molecule has 0 aliphatic carbocycles. The van der Waals surface area contributed by atoms with Gasteiger partial charge < -0.3 is 5.32 Å². The first kappa shape index (κ1) is 14.7. The summed E-state index contributed by atoms with van der Waals surface area (Å²) in [5.41, 5.74) is 1.73. The molecule has 1 unspecified atom stereocenters. The largest absolute Gasteiger partial charge is 0.314 e. The molecule has 0 amide bonds. The van der Waals surface area contributed by atoms with Gasteiger partial charge in [0.1, 0.15) is 0 Å². The van der Waals surface area contributed by atoms with Gasteiger partial charge in [-0.2, -0.15) is 0 Å². The Kier molecular flexibility index (Phi) is 5.68. The first-order chi connectivity index (χ1) is 7.93. The summed E-state index contributed by atoms with van der Waals surface area (Å²) in [6, 6.07) is 9.18. The van der Waals surface area contributed by atoms with E-state index in [2.05, 4.69) is 73.2 Å². The van der Waals surface area contributed by atoms with Crippen LogP contribution in [0.25, 0.3) is 0 Å². The van der Waals surface area contributed by atoms with Crippen LogP contribution in [-0.2, 0) is 6.42 Å². The zero-order valence-corrected chi connectivity index (χ0v) is 13.0. The Morgan fingerprint density at radius 2 is 2.00 bits per heavy atom. The molecule has 0 aliphatic rings. The molecular weight excluding hydrogens is 274 g/mol. The summed E-state index contributed by atoms with van der Waals surface area (Å²) in [4.78, 5) is 0. The molecule has 0 saturated carbocycles. The molecule has 2 heteroatoms. The van der Waals surface area contributed by atoms with Crippen LogP contribution in [0.4, 0.5) is 0 Å². The average molecular weight is 298 g/mol. The lowest BCUT2D eigenvalue weighted by Crippen LogP contribution is -2.40. The molecule has 1 aromatic carbocycles. The third-order valence-electron chi connectivity index (χ3n) is 3.11. The van der Waals surface area contributed by atoms with Gasteiger partial charge in [0.05, 0.1) is 0 Å². The number of halogens is 1. The third-order valence-corrected chi connectivity index (χ3v) is 3.60. The molecule has 96 valence electrons. The van der Waals surface area contributed by atoms with E-state index in [0.29, 0.717) is 11.5 Å². The summed E-state index contributed by atoms with van der Waals surface area (Å²) < 4.78 is 1.17. The predicted octanol–water partition coefficient (Wildman–Crippen LogP) is 4.41. The topological polar surface area (TPSA) is 12.0 Å². The van der Waals surface area contributed by atoms with Crippen LogP contribution in [-0.4, -0.2) is 12.6 Å². The third kappa shape index (κ3) is 5.22. The lowest BCUT2D eigenvalue weighted by atomic mass is 9.83. The second-order valence-corrected chi connectivity index (χ2v) is 6.56. The summed E-state index contributed by atoms with van der Waals surface area (Å²) >= 11 is 3.52. The van der Waals surface area contributed by atoms with E-state index in [1.54, 1.807) is 0 Å². The first-order valence-corrected chi connectivity index (χ1v) is 7.20. The van der Waals surface area contributed by atoms with Gasteiger partial charge in [0.25, 0.3) is 0 Å². The van der Waals surface area contributed by atoms with Crippen molar-refractivity contribution in [2.75, 3.05) is 6.54 Å². The van der Waals surface area contributed by atoms with Gasteiger partial charge in [-0.25, -0.2) is 0 Å². The van der Waals surface area contributed by atoms with E-state index in [1.165, 1.54) is 16.5 Å². The Morgan fingerprint density at radius 1 is 1.29 bits per heavy atom. The molecule has 0 radical (unpaired) electrons. The van der Waals surface area contributed by atoms with Gasteiger partial charge in [0, 0.05) is 10.5 Å². The minimum absolute atomic E-state index is 0.321. The molecule has 1 N–H and O–H groups in total. The van der Waals surface area contributed by atoms with Crippen LogP contribution < -0.4 is 5.32 Å². The predicted molar refractivity (Wildman–Crippen MR) is 79.4 cm³/mol. The van der Waals surface area contributed by atoms with E-state index in [-0.39, 0.29) is 0 Å². The molecule has 0 aliphatic heterocycles. The fraction of sp³-hybridized carbons (Fsp3) is 0.600. The molecule has 0 fully saturated rings. The number of aryl methyl sites for hydroxylation is 1. The van der Waals surface area contributed by atoms with Crippen molar-refractivity contribution in [1.82, 2.24) is 5.32 Å². The highest BCUT2D eigenvalue weighted by Crippen LogP contribution is 2.23. The zero-order valence-electron chi connectivity index (χ0n) is 11.4. The second-order valence-electron chi connectivity index (χ2n) is 5.64. The van der Waals surface area contributed by atoms with Gasteiger partial charge in [-0.1, -0.05) is 55.8 Å². The van der Waals surface area contributed by atoms with E-state index < -0.39 is 0 Å².